The van der Waals surface area contributed by atoms with Crippen LogP contribution in [0.25, 0.3) is 0 Å². The molecule has 3 aliphatic rings. The van der Waals surface area contributed by atoms with Gasteiger partial charge < -0.3 is 39.1 Å². The van der Waals surface area contributed by atoms with Crippen LogP contribution < -0.4 is 0 Å². The molecule has 378 valence electrons. The Balaban J connectivity index is 1.41. The summed E-state index contributed by atoms with van der Waals surface area (Å²) in [5.74, 6) is -3.28. The van der Waals surface area contributed by atoms with Crippen molar-refractivity contribution >= 4 is 47.2 Å². The van der Waals surface area contributed by atoms with Crippen LogP contribution in [0, 0.1) is 23.7 Å². The van der Waals surface area contributed by atoms with Gasteiger partial charge in [0.1, 0.15) is 11.8 Å². The number of guanidine groups is 1. The monoisotopic (exact) mass is 950 g/mol. The first-order chi connectivity index (χ1) is 32.3. The minimum absolute atomic E-state index is 0.00353. The van der Waals surface area contributed by atoms with E-state index in [0.29, 0.717) is 77.3 Å². The zero-order valence-corrected chi connectivity index (χ0v) is 42.3. The molecule has 1 aromatic carbocycles. The molecule has 5 amide bonds. The van der Waals surface area contributed by atoms with Crippen molar-refractivity contribution in [3.63, 3.8) is 0 Å². The molecule has 17 nitrogen and oxygen atoms in total. The van der Waals surface area contributed by atoms with Crippen molar-refractivity contribution in [1.82, 2.24) is 29.4 Å². The van der Waals surface area contributed by atoms with Crippen LogP contribution in [-0.4, -0.2) is 187 Å². The second-order valence-electron chi connectivity index (χ2n) is 19.3. The van der Waals surface area contributed by atoms with E-state index in [4.69, 9.17) is 14.5 Å². The fourth-order valence-electron chi connectivity index (χ4n) is 9.91. The first-order valence-electron chi connectivity index (χ1n) is 24.6. The number of unbranched alkanes of at least 4 members (excludes halogenated alkanes) is 2. The highest BCUT2D eigenvalue weighted by atomic mass is 16.5. The van der Waals surface area contributed by atoms with Crippen LogP contribution in [-0.2, 0) is 49.5 Å². The molecule has 17 heteroatoms. The highest BCUT2D eigenvalue weighted by Crippen LogP contribution is 2.31. The van der Waals surface area contributed by atoms with Gasteiger partial charge in [0.05, 0.1) is 36.6 Å². The van der Waals surface area contributed by atoms with Crippen LogP contribution in [0.5, 0.6) is 0 Å². The molecule has 3 heterocycles. The Kier molecular flexibility index (Phi) is 21.7. The molecule has 1 N–H and O–H groups in total. The maximum absolute atomic E-state index is 14.7. The molecule has 68 heavy (non-hydrogen) atoms. The van der Waals surface area contributed by atoms with E-state index in [9.17, 15) is 38.7 Å². The van der Waals surface area contributed by atoms with Crippen LogP contribution in [0.4, 0.5) is 0 Å². The number of carboxylic acids is 1. The number of amides is 5. The molecule has 1 aromatic rings. The Morgan fingerprint density at radius 2 is 1.46 bits per heavy atom. The van der Waals surface area contributed by atoms with Crippen LogP contribution >= 0.6 is 0 Å². The summed E-state index contributed by atoms with van der Waals surface area (Å²) in [5, 5.41) is 10.0. The predicted molar refractivity (Wildman–Crippen MR) is 259 cm³/mol. The molecule has 0 unspecified atom stereocenters. The Labute approximate surface area is 404 Å². The second-order valence-corrected chi connectivity index (χ2v) is 19.3. The molecule has 4 rings (SSSR count). The summed E-state index contributed by atoms with van der Waals surface area (Å²) < 4.78 is 12.1. The minimum atomic E-state index is -1.03. The van der Waals surface area contributed by atoms with Crippen molar-refractivity contribution in [1.29, 1.82) is 0 Å². The lowest BCUT2D eigenvalue weighted by Crippen LogP contribution is -2.56. The van der Waals surface area contributed by atoms with Crippen LogP contribution in [0.1, 0.15) is 98.0 Å². The minimum Gasteiger partial charge on any atom is -0.481 e. The van der Waals surface area contributed by atoms with Crippen molar-refractivity contribution < 1.29 is 48.1 Å². The third-order valence-electron chi connectivity index (χ3n) is 14.1. The molecule has 0 saturated carbocycles. The Hall–Kier alpha value is -5.16. The van der Waals surface area contributed by atoms with Crippen molar-refractivity contribution in [3.8, 4) is 0 Å². The Morgan fingerprint density at radius 1 is 0.824 bits per heavy atom. The number of carbonyl (C=O) groups is 7. The number of aliphatic carboxylic acids is 1. The summed E-state index contributed by atoms with van der Waals surface area (Å²) in [5.41, 5.74) is 0.840. The number of methoxy groups -OCH3 is 2. The van der Waals surface area contributed by atoms with Gasteiger partial charge in [-0.3, -0.25) is 38.5 Å². The Bertz CT molecular complexity index is 1920. The number of carbonyl (C=O) groups excluding carboxylic acids is 6. The summed E-state index contributed by atoms with van der Waals surface area (Å²) in [6.45, 7) is 12.7. The molecule has 0 radical (unpaired) electrons. The molecule has 0 aliphatic carbocycles. The van der Waals surface area contributed by atoms with E-state index < -0.39 is 48.1 Å². The van der Waals surface area contributed by atoms with E-state index in [1.807, 2.05) is 75.0 Å². The number of benzene rings is 1. The zero-order chi connectivity index (χ0) is 50.2. The van der Waals surface area contributed by atoms with Gasteiger partial charge in [-0.05, 0) is 49.5 Å². The number of likely N-dealkylation sites (N-methyl/N-ethyl adjacent to an activating group) is 1. The lowest BCUT2D eigenvalue weighted by atomic mass is 9.85. The Morgan fingerprint density at radius 3 is 2.01 bits per heavy atom. The number of Topliss-reactive ketones (excluding diaryl/α,β-unsaturated/α-hetero) is 1. The van der Waals surface area contributed by atoms with E-state index >= 15 is 0 Å². The highest BCUT2D eigenvalue weighted by Gasteiger charge is 2.43. The summed E-state index contributed by atoms with van der Waals surface area (Å²) in [7, 11) is 8.64. The van der Waals surface area contributed by atoms with Gasteiger partial charge in [0, 0.05) is 106 Å². The van der Waals surface area contributed by atoms with Crippen LogP contribution in [0.3, 0.4) is 0 Å². The van der Waals surface area contributed by atoms with Crippen molar-refractivity contribution in [2.75, 3.05) is 74.6 Å². The first-order valence-corrected chi connectivity index (χ1v) is 24.6. The van der Waals surface area contributed by atoms with Gasteiger partial charge in [0.15, 0.2) is 5.96 Å². The average Bonchev–Trinajstić information content (AvgIpc) is 3.93. The molecular formula is C51H79N7O10. The molecule has 0 aromatic heterocycles. The number of hydrogen-bond donors (Lipinski definition) is 1. The van der Waals surface area contributed by atoms with Gasteiger partial charge in [-0.1, -0.05) is 77.8 Å². The van der Waals surface area contributed by atoms with Gasteiger partial charge in [-0.15, -0.1) is 0 Å². The van der Waals surface area contributed by atoms with Gasteiger partial charge in [-0.2, -0.15) is 0 Å². The van der Waals surface area contributed by atoms with Crippen molar-refractivity contribution in [2.45, 2.75) is 129 Å². The predicted octanol–water partition coefficient (Wildman–Crippen LogP) is 4.38. The summed E-state index contributed by atoms with van der Waals surface area (Å²) >= 11 is 0. The molecule has 0 bridgehead atoms. The van der Waals surface area contributed by atoms with E-state index in [2.05, 4.69) is 11.8 Å². The zero-order valence-electron chi connectivity index (χ0n) is 42.3. The molecule has 3 aliphatic heterocycles. The normalized spacial score (nSPS) is 19.8. The lowest BCUT2D eigenvalue weighted by Gasteiger charge is -2.41. The number of piperazine rings is 1. The van der Waals surface area contributed by atoms with Gasteiger partial charge in [-0.25, -0.2) is 4.99 Å². The molecule has 8 atom stereocenters. The number of hydrogen-bond acceptors (Lipinski definition) is 10. The van der Waals surface area contributed by atoms with Crippen molar-refractivity contribution in [3.05, 3.63) is 48.0 Å². The quantitative estimate of drug-likeness (QED) is 0.0632. The van der Waals surface area contributed by atoms with E-state index in [1.165, 1.54) is 24.2 Å². The van der Waals surface area contributed by atoms with E-state index in [0.717, 1.165) is 18.4 Å². The number of aliphatic imine (C=N–C) groups is 1. The number of rotatable bonds is 25. The fraction of sp³-hybridized carbons (Fsp3) is 0.686. The van der Waals surface area contributed by atoms with Crippen LogP contribution in [0.15, 0.2) is 47.5 Å². The summed E-state index contributed by atoms with van der Waals surface area (Å²) in [6, 6.07) is 7.62. The maximum Gasteiger partial charge on any atom is 0.307 e. The standard InChI is InChI=1S/C51H79N7O10/c1-11-35(4)47(41(67-9)33-45(63)57-26-18-21-39(57)48(68-10)36(5)40(59)32-38(50(65)66)31-37-19-14-12-15-20-37)54(8)49(64)46(34(2)3)52-51(53(6)7)56-29-27-55(28-30-56)42(60)22-16-13-17-25-58-43(61)23-24-44(58)62/h12,14-15,19-20,23-24,34-36,38-39,41,46-48H,11,13,16-18,21-22,25-33H2,1-10H3,(H,65,66)/t35-,36-,38+,39-,41+,46-,47-,48+/m0/s1. The number of ketones is 1. The SMILES string of the molecule is CC[C@H](C)[C@@H]([C@@H](CC(=O)N1CCC[C@H]1[C@H](OC)[C@@H](C)C(=O)C[C@@H](Cc1ccccc1)C(=O)O)OC)N(C)C(=O)[C@@H](N=C(N(C)C)N1CCN(C(=O)CCCCCN2C(=O)C=CC2=O)CC1)C(C)C. The number of nitrogens with zero attached hydrogens (tertiary/aromatic N) is 7. The number of likely N-dealkylation sites (tertiary alicyclic amines) is 1. The summed E-state index contributed by atoms with van der Waals surface area (Å²) in [6.07, 6.45) is 5.81. The molecule has 2 fully saturated rings. The van der Waals surface area contributed by atoms with E-state index in [-0.39, 0.29) is 66.4 Å². The lowest BCUT2D eigenvalue weighted by molar-refractivity contribution is -0.147. The smallest absolute Gasteiger partial charge is 0.307 e. The van der Waals surface area contributed by atoms with E-state index in [1.54, 1.807) is 30.9 Å². The van der Waals surface area contributed by atoms with Crippen LogP contribution in [0.2, 0.25) is 0 Å². The molecule has 0 spiro atoms. The van der Waals surface area contributed by atoms with Crippen molar-refractivity contribution in [2.24, 2.45) is 28.7 Å². The third-order valence-corrected chi connectivity index (χ3v) is 14.1. The van der Waals surface area contributed by atoms with Gasteiger partial charge in [0.25, 0.3) is 11.8 Å². The second kappa shape index (κ2) is 26.6. The maximum atomic E-state index is 14.7. The summed E-state index contributed by atoms with van der Waals surface area (Å²) in [4.78, 5) is 108. The largest absolute Gasteiger partial charge is 0.481 e. The highest BCUT2D eigenvalue weighted by molar-refractivity contribution is 6.12. The number of ether oxygens (including phenoxy) is 2. The fourth-order valence-corrected chi connectivity index (χ4v) is 9.91. The average molecular weight is 950 g/mol. The number of imide groups is 1. The molecule has 2 saturated heterocycles. The van der Waals surface area contributed by atoms with Gasteiger partial charge in [0.2, 0.25) is 17.7 Å². The van der Waals surface area contributed by atoms with Gasteiger partial charge >= 0.3 is 5.97 Å². The third kappa shape index (κ3) is 14.7. The number of carboxylic acid groups (broad SMARTS) is 1. The molecular weight excluding hydrogens is 871 g/mol. The first kappa shape index (κ1) is 55.4. The topological polar surface area (TPSA) is 190 Å².